The first-order chi connectivity index (χ1) is 8.09. The number of benzene rings is 1. The lowest BCUT2D eigenvalue weighted by molar-refractivity contribution is 0.323. The van der Waals surface area contributed by atoms with Crippen molar-refractivity contribution in [3.63, 3.8) is 0 Å². The van der Waals surface area contributed by atoms with Crippen molar-refractivity contribution in [1.82, 2.24) is 5.32 Å². The minimum absolute atomic E-state index is 0.316. The first-order valence-corrected chi connectivity index (χ1v) is 6.37. The van der Waals surface area contributed by atoms with Crippen molar-refractivity contribution in [3.05, 3.63) is 35.4 Å². The van der Waals surface area contributed by atoms with Gasteiger partial charge in [-0.1, -0.05) is 31.2 Å². The number of hydrogen-bond acceptors (Lipinski definition) is 2. The maximum absolute atomic E-state index is 9.61. The number of nitriles is 1. The molecule has 0 fully saturated rings. The second kappa shape index (κ2) is 4.50. The highest BCUT2D eigenvalue weighted by Crippen LogP contribution is 2.41. The van der Waals surface area contributed by atoms with E-state index in [0.717, 1.165) is 12.8 Å². The van der Waals surface area contributed by atoms with Crippen LogP contribution in [0.15, 0.2) is 24.3 Å². The number of rotatable bonds is 2. The average Bonchev–Trinajstić information content (AvgIpc) is 2.33. The Labute approximate surface area is 104 Å². The highest BCUT2D eigenvalue weighted by Gasteiger charge is 2.38. The molecule has 0 aromatic heterocycles. The number of fused-ring (bicyclic) bond motifs is 1. The predicted octanol–water partition coefficient (Wildman–Crippen LogP) is 3.30. The zero-order valence-corrected chi connectivity index (χ0v) is 10.8. The molecular weight excluding hydrogens is 208 g/mol. The first kappa shape index (κ1) is 12.1. The minimum atomic E-state index is -0.489. The van der Waals surface area contributed by atoms with Crippen LogP contribution in [-0.2, 0) is 5.54 Å². The van der Waals surface area contributed by atoms with Crippen molar-refractivity contribution in [2.75, 3.05) is 0 Å². The third kappa shape index (κ3) is 2.08. The van der Waals surface area contributed by atoms with Gasteiger partial charge in [0, 0.05) is 6.04 Å². The molecule has 0 radical (unpaired) electrons. The summed E-state index contributed by atoms with van der Waals surface area (Å²) in [5, 5.41) is 13.1. The van der Waals surface area contributed by atoms with E-state index >= 15 is 0 Å². The fourth-order valence-corrected chi connectivity index (χ4v) is 2.83. The SMILES string of the molecule is CC(C)NC1(C#N)CCC(C)c2ccccc21. The first-order valence-electron chi connectivity index (χ1n) is 6.37. The molecule has 1 aromatic carbocycles. The van der Waals surface area contributed by atoms with Gasteiger partial charge in [-0.15, -0.1) is 0 Å². The van der Waals surface area contributed by atoms with Crippen molar-refractivity contribution >= 4 is 0 Å². The van der Waals surface area contributed by atoms with Gasteiger partial charge in [0.1, 0.15) is 5.54 Å². The molecule has 1 aliphatic rings. The van der Waals surface area contributed by atoms with E-state index in [1.807, 2.05) is 6.07 Å². The Morgan fingerprint density at radius 2 is 2.12 bits per heavy atom. The van der Waals surface area contributed by atoms with E-state index in [2.05, 4.69) is 50.4 Å². The number of nitrogens with zero attached hydrogens (tertiary/aromatic N) is 1. The predicted molar refractivity (Wildman–Crippen MR) is 69.7 cm³/mol. The molecule has 2 nitrogen and oxygen atoms in total. The molecule has 0 heterocycles. The maximum atomic E-state index is 9.61. The fraction of sp³-hybridized carbons (Fsp3) is 0.533. The van der Waals surface area contributed by atoms with E-state index < -0.39 is 5.54 Å². The summed E-state index contributed by atoms with van der Waals surface area (Å²) < 4.78 is 0. The van der Waals surface area contributed by atoms with E-state index in [9.17, 15) is 5.26 Å². The van der Waals surface area contributed by atoms with Crippen LogP contribution in [0.4, 0.5) is 0 Å². The molecule has 0 saturated heterocycles. The van der Waals surface area contributed by atoms with E-state index in [1.165, 1.54) is 11.1 Å². The Hall–Kier alpha value is -1.33. The molecule has 1 N–H and O–H groups in total. The molecule has 0 amide bonds. The molecule has 17 heavy (non-hydrogen) atoms. The quantitative estimate of drug-likeness (QED) is 0.843. The summed E-state index contributed by atoms with van der Waals surface area (Å²) in [4.78, 5) is 0. The van der Waals surface area contributed by atoms with Gasteiger partial charge in [0.15, 0.2) is 0 Å². The highest BCUT2D eigenvalue weighted by molar-refractivity contribution is 5.42. The summed E-state index contributed by atoms with van der Waals surface area (Å²) in [6.07, 6.45) is 1.98. The molecule has 2 unspecified atom stereocenters. The summed E-state index contributed by atoms with van der Waals surface area (Å²) in [5.74, 6) is 0.557. The Kier molecular flexibility index (Phi) is 3.22. The van der Waals surface area contributed by atoms with E-state index in [-0.39, 0.29) is 0 Å². The van der Waals surface area contributed by atoms with E-state index in [0.29, 0.717) is 12.0 Å². The van der Waals surface area contributed by atoms with Gasteiger partial charge in [-0.2, -0.15) is 5.26 Å². The molecular formula is C15H20N2. The average molecular weight is 228 g/mol. The molecule has 0 saturated carbocycles. The van der Waals surface area contributed by atoms with Crippen molar-refractivity contribution in [2.45, 2.75) is 51.1 Å². The Morgan fingerprint density at radius 1 is 1.41 bits per heavy atom. The lowest BCUT2D eigenvalue weighted by atomic mass is 9.73. The van der Waals surface area contributed by atoms with Crippen molar-refractivity contribution in [1.29, 1.82) is 5.26 Å². The van der Waals surface area contributed by atoms with Crippen LogP contribution in [0.5, 0.6) is 0 Å². The molecule has 0 aliphatic heterocycles. The zero-order valence-electron chi connectivity index (χ0n) is 10.8. The lowest BCUT2D eigenvalue weighted by Gasteiger charge is -2.38. The van der Waals surface area contributed by atoms with Gasteiger partial charge in [0.2, 0.25) is 0 Å². The van der Waals surface area contributed by atoms with Crippen molar-refractivity contribution in [3.8, 4) is 6.07 Å². The van der Waals surface area contributed by atoms with E-state index in [4.69, 9.17) is 0 Å². The topological polar surface area (TPSA) is 35.8 Å². The molecule has 2 heteroatoms. The van der Waals surface area contributed by atoms with Gasteiger partial charge in [0.05, 0.1) is 6.07 Å². The molecule has 2 atom stereocenters. The van der Waals surface area contributed by atoms with Gasteiger partial charge in [-0.25, -0.2) is 0 Å². The summed E-state index contributed by atoms with van der Waals surface area (Å²) in [6, 6.07) is 11.2. The minimum Gasteiger partial charge on any atom is -0.293 e. The lowest BCUT2D eigenvalue weighted by Crippen LogP contribution is -2.47. The van der Waals surface area contributed by atoms with Gasteiger partial charge < -0.3 is 0 Å². The highest BCUT2D eigenvalue weighted by atomic mass is 15.0. The van der Waals surface area contributed by atoms with Crippen LogP contribution in [-0.4, -0.2) is 6.04 Å². The fourth-order valence-electron chi connectivity index (χ4n) is 2.83. The largest absolute Gasteiger partial charge is 0.293 e. The Bertz CT molecular complexity index is 444. The number of hydrogen-bond donors (Lipinski definition) is 1. The summed E-state index contributed by atoms with van der Waals surface area (Å²) in [7, 11) is 0. The second-order valence-electron chi connectivity index (χ2n) is 5.34. The van der Waals surface area contributed by atoms with Crippen molar-refractivity contribution in [2.24, 2.45) is 0 Å². The van der Waals surface area contributed by atoms with Crippen LogP contribution < -0.4 is 5.32 Å². The normalized spacial score (nSPS) is 27.6. The van der Waals surface area contributed by atoms with Gasteiger partial charge in [-0.3, -0.25) is 5.32 Å². The van der Waals surface area contributed by atoms with Crippen molar-refractivity contribution < 1.29 is 0 Å². The van der Waals surface area contributed by atoms with Crippen LogP contribution >= 0.6 is 0 Å². The molecule has 0 spiro atoms. The smallest absolute Gasteiger partial charge is 0.132 e. The standard InChI is InChI=1S/C15H20N2/c1-11(2)17-15(10-16)9-8-12(3)13-6-4-5-7-14(13)15/h4-7,11-12,17H,8-9H2,1-3H3. The van der Waals surface area contributed by atoms with Crippen LogP contribution in [0, 0.1) is 11.3 Å². The zero-order chi connectivity index (χ0) is 12.5. The molecule has 2 rings (SSSR count). The third-order valence-corrected chi connectivity index (χ3v) is 3.63. The molecule has 1 aliphatic carbocycles. The summed E-state index contributed by atoms with van der Waals surface area (Å²) >= 11 is 0. The summed E-state index contributed by atoms with van der Waals surface area (Å²) in [5.41, 5.74) is 2.01. The molecule has 1 aromatic rings. The monoisotopic (exact) mass is 228 g/mol. The molecule has 0 bridgehead atoms. The second-order valence-corrected chi connectivity index (χ2v) is 5.34. The van der Waals surface area contributed by atoms with Gasteiger partial charge in [0.25, 0.3) is 0 Å². The van der Waals surface area contributed by atoms with Crippen LogP contribution in [0.25, 0.3) is 0 Å². The Morgan fingerprint density at radius 3 is 2.76 bits per heavy atom. The maximum Gasteiger partial charge on any atom is 0.132 e. The van der Waals surface area contributed by atoms with Crippen LogP contribution in [0.3, 0.4) is 0 Å². The summed E-state index contributed by atoms with van der Waals surface area (Å²) in [6.45, 7) is 6.44. The number of nitrogens with one attached hydrogen (secondary N) is 1. The molecule has 90 valence electrons. The Balaban J connectivity index is 2.50. The van der Waals surface area contributed by atoms with Gasteiger partial charge in [-0.05, 0) is 43.7 Å². The van der Waals surface area contributed by atoms with E-state index in [1.54, 1.807) is 0 Å². The third-order valence-electron chi connectivity index (χ3n) is 3.63. The van der Waals surface area contributed by atoms with Gasteiger partial charge >= 0.3 is 0 Å². The van der Waals surface area contributed by atoms with Crippen LogP contribution in [0.1, 0.15) is 50.7 Å². The van der Waals surface area contributed by atoms with Crippen LogP contribution in [0.2, 0.25) is 0 Å².